The third kappa shape index (κ3) is 7.11. The van der Waals surface area contributed by atoms with Crippen LogP contribution in [0.1, 0.15) is 31.2 Å². The van der Waals surface area contributed by atoms with Crippen LogP contribution < -0.4 is 10.6 Å². The van der Waals surface area contributed by atoms with Gasteiger partial charge in [-0.2, -0.15) is 13.2 Å². The lowest BCUT2D eigenvalue weighted by Crippen LogP contribution is -2.39. The fourth-order valence-corrected chi connectivity index (χ4v) is 4.56. The number of aliphatic carboxylic acids is 1. The largest absolute Gasteiger partial charge is 0.490 e. The van der Waals surface area contributed by atoms with Gasteiger partial charge in [0.05, 0.1) is 12.3 Å². The summed E-state index contributed by atoms with van der Waals surface area (Å²) >= 11 is 6.14. The van der Waals surface area contributed by atoms with E-state index < -0.39 is 18.2 Å². The topological polar surface area (TPSA) is 87.7 Å². The summed E-state index contributed by atoms with van der Waals surface area (Å²) in [6.07, 6.45) is -0.776. The molecule has 6 nitrogen and oxygen atoms in total. The molecule has 2 aliphatic heterocycles. The number of hydrogen-bond donors (Lipinski definition) is 3. The smallest absolute Gasteiger partial charge is 0.475 e. The third-order valence-corrected chi connectivity index (χ3v) is 6.13. The molecule has 2 saturated heterocycles. The summed E-state index contributed by atoms with van der Waals surface area (Å²) in [6, 6.07) is 14.8. The third-order valence-electron chi connectivity index (χ3n) is 5.90. The molecule has 2 atom stereocenters. The number of halogens is 4. The van der Waals surface area contributed by atoms with E-state index in [9.17, 15) is 18.0 Å². The molecule has 2 bridgehead atoms. The Kier molecular flexibility index (Phi) is 8.43. The van der Waals surface area contributed by atoms with Crippen molar-refractivity contribution in [2.45, 2.75) is 50.9 Å². The summed E-state index contributed by atoms with van der Waals surface area (Å²) in [7, 11) is 0. The first-order valence-corrected chi connectivity index (χ1v) is 11.3. The van der Waals surface area contributed by atoms with Gasteiger partial charge in [0, 0.05) is 22.7 Å². The van der Waals surface area contributed by atoms with Gasteiger partial charge in [0.2, 0.25) is 0 Å². The Morgan fingerprint density at radius 2 is 1.76 bits per heavy atom. The molecule has 184 valence electrons. The number of piperidine rings is 1. The quantitative estimate of drug-likeness (QED) is 0.479. The number of para-hydroxylation sites is 1. The van der Waals surface area contributed by atoms with E-state index in [1.165, 1.54) is 12.8 Å². The van der Waals surface area contributed by atoms with Crippen molar-refractivity contribution in [1.29, 1.82) is 0 Å². The van der Waals surface area contributed by atoms with Crippen molar-refractivity contribution in [1.82, 2.24) is 5.32 Å². The molecule has 3 N–H and O–H groups in total. The van der Waals surface area contributed by atoms with Crippen molar-refractivity contribution in [3.63, 3.8) is 0 Å². The van der Waals surface area contributed by atoms with Crippen LogP contribution in [0.3, 0.4) is 0 Å². The van der Waals surface area contributed by atoms with E-state index in [0.29, 0.717) is 29.6 Å². The molecular formula is C24H26ClF3N2O4. The second-order valence-electron chi connectivity index (χ2n) is 8.51. The number of carbonyl (C=O) groups is 2. The van der Waals surface area contributed by atoms with Crippen LogP contribution in [0.4, 0.5) is 23.7 Å². The first-order valence-electron chi connectivity index (χ1n) is 10.9. The fraction of sp³-hybridized carbons (Fsp3) is 0.417. The molecule has 10 heteroatoms. The average Bonchev–Trinajstić information content (AvgIpc) is 3.11. The summed E-state index contributed by atoms with van der Waals surface area (Å²) in [5, 5.41) is 14.4. The van der Waals surface area contributed by atoms with E-state index in [4.69, 9.17) is 26.2 Å². The van der Waals surface area contributed by atoms with Gasteiger partial charge in [-0.3, -0.25) is 5.32 Å². The van der Waals surface area contributed by atoms with Gasteiger partial charge in [-0.1, -0.05) is 41.9 Å². The number of carboxylic acids is 1. The molecule has 2 unspecified atom stereocenters. The Morgan fingerprint density at radius 3 is 2.35 bits per heavy atom. The minimum absolute atomic E-state index is 0.390. The van der Waals surface area contributed by atoms with Gasteiger partial charge in [0.25, 0.3) is 0 Å². The lowest BCUT2D eigenvalue weighted by atomic mass is 9.93. The fourth-order valence-electron chi connectivity index (χ4n) is 4.37. The van der Waals surface area contributed by atoms with Crippen LogP contribution >= 0.6 is 11.6 Å². The number of nitrogens with one attached hydrogen (secondary N) is 2. The average molecular weight is 499 g/mol. The highest BCUT2D eigenvalue weighted by Crippen LogP contribution is 2.33. The summed E-state index contributed by atoms with van der Waals surface area (Å²) < 4.78 is 37.3. The van der Waals surface area contributed by atoms with Crippen LogP contribution in [0.2, 0.25) is 5.02 Å². The van der Waals surface area contributed by atoms with Gasteiger partial charge in [-0.15, -0.1) is 0 Å². The molecule has 2 fully saturated rings. The normalized spacial score (nSPS) is 21.3. The zero-order chi connectivity index (χ0) is 24.9. The Morgan fingerprint density at radius 1 is 1.15 bits per heavy atom. The molecule has 34 heavy (non-hydrogen) atoms. The molecule has 4 rings (SSSR count). The van der Waals surface area contributed by atoms with Gasteiger partial charge in [0.1, 0.15) is 0 Å². The minimum Gasteiger partial charge on any atom is -0.475 e. The highest BCUT2D eigenvalue weighted by molar-refractivity contribution is 6.30. The molecular weight excluding hydrogens is 473 g/mol. The minimum atomic E-state index is -5.08. The number of carbonyl (C=O) groups excluding carboxylic acids is 1. The number of alkyl halides is 3. The summed E-state index contributed by atoms with van der Waals surface area (Å²) in [5.74, 6) is -2.30. The van der Waals surface area contributed by atoms with E-state index in [1.807, 2.05) is 49.4 Å². The lowest BCUT2D eigenvalue weighted by Gasteiger charge is -2.28. The van der Waals surface area contributed by atoms with Crippen LogP contribution in [0.25, 0.3) is 11.1 Å². The van der Waals surface area contributed by atoms with Crippen LogP contribution in [-0.4, -0.2) is 42.0 Å². The standard InChI is InChI=1S/C22H25ClN2O2.C2HF3O2/c1-14-4-2-7-20(16-5-3-6-17(23)12-16)21(14)25-22(26)27-13-15-10-18-8-9-19(11-15)24-18;3-2(4,5)1(6)7/h2-7,12,15,18-19,24H,8-11,13H2,1H3,(H,25,26);(H,6,7). The number of anilines is 1. The zero-order valence-corrected chi connectivity index (χ0v) is 19.2. The first-order chi connectivity index (χ1) is 16.0. The van der Waals surface area contributed by atoms with E-state index in [0.717, 1.165) is 35.2 Å². The van der Waals surface area contributed by atoms with Gasteiger partial charge >= 0.3 is 18.2 Å². The van der Waals surface area contributed by atoms with Crippen molar-refractivity contribution in [2.75, 3.05) is 11.9 Å². The van der Waals surface area contributed by atoms with Crippen molar-refractivity contribution in [3.05, 3.63) is 53.1 Å². The second kappa shape index (κ2) is 11.1. The van der Waals surface area contributed by atoms with Gasteiger partial charge < -0.3 is 15.2 Å². The first kappa shape index (κ1) is 25.8. The summed E-state index contributed by atoms with van der Waals surface area (Å²) in [6.45, 7) is 2.47. The summed E-state index contributed by atoms with van der Waals surface area (Å²) in [4.78, 5) is 21.4. The Bertz CT molecular complexity index is 1020. The Balaban J connectivity index is 0.000000406. The Labute approximate surface area is 200 Å². The molecule has 1 amide bonds. The van der Waals surface area contributed by atoms with E-state index in [1.54, 1.807) is 0 Å². The van der Waals surface area contributed by atoms with E-state index in [2.05, 4.69) is 10.6 Å². The van der Waals surface area contributed by atoms with Crippen molar-refractivity contribution in [3.8, 4) is 11.1 Å². The van der Waals surface area contributed by atoms with Crippen LogP contribution in [0, 0.1) is 12.8 Å². The van der Waals surface area contributed by atoms with Crippen molar-refractivity contribution >= 4 is 29.4 Å². The maximum atomic E-state index is 12.5. The number of amides is 1. The van der Waals surface area contributed by atoms with Gasteiger partial charge in [-0.25, -0.2) is 9.59 Å². The zero-order valence-electron chi connectivity index (χ0n) is 18.5. The Hall–Kier alpha value is -2.78. The van der Waals surface area contributed by atoms with Crippen LogP contribution in [0.15, 0.2) is 42.5 Å². The van der Waals surface area contributed by atoms with Crippen LogP contribution in [0.5, 0.6) is 0 Å². The molecule has 0 aliphatic carbocycles. The van der Waals surface area contributed by atoms with Crippen molar-refractivity contribution in [2.24, 2.45) is 5.92 Å². The van der Waals surface area contributed by atoms with Crippen LogP contribution in [-0.2, 0) is 9.53 Å². The number of benzene rings is 2. The predicted octanol–water partition coefficient (Wildman–Crippen LogP) is 6.03. The number of aryl methyl sites for hydroxylation is 1. The number of carboxylic acid groups (broad SMARTS) is 1. The van der Waals surface area contributed by atoms with E-state index >= 15 is 0 Å². The molecule has 2 heterocycles. The number of fused-ring (bicyclic) bond motifs is 2. The molecule has 0 spiro atoms. The van der Waals surface area contributed by atoms with Gasteiger partial charge in [0.15, 0.2) is 0 Å². The molecule has 2 aromatic carbocycles. The highest BCUT2D eigenvalue weighted by Gasteiger charge is 2.38. The molecule has 2 aromatic rings. The van der Waals surface area contributed by atoms with Crippen molar-refractivity contribution < 1.29 is 32.6 Å². The SMILES string of the molecule is Cc1cccc(-c2cccc(Cl)c2)c1NC(=O)OCC1CC2CCC(C1)N2.O=C(O)C(F)(F)F. The number of ether oxygens (including phenoxy) is 1. The number of hydrogen-bond acceptors (Lipinski definition) is 4. The monoisotopic (exact) mass is 498 g/mol. The molecule has 0 radical (unpaired) electrons. The maximum absolute atomic E-state index is 12.5. The maximum Gasteiger partial charge on any atom is 0.490 e. The highest BCUT2D eigenvalue weighted by atomic mass is 35.5. The lowest BCUT2D eigenvalue weighted by molar-refractivity contribution is -0.192. The van der Waals surface area contributed by atoms with Gasteiger partial charge in [-0.05, 0) is 61.8 Å². The number of rotatable bonds is 4. The molecule has 0 aromatic heterocycles. The molecule has 2 aliphatic rings. The van der Waals surface area contributed by atoms with E-state index in [-0.39, 0.29) is 0 Å². The summed E-state index contributed by atoms with van der Waals surface area (Å²) in [5.41, 5.74) is 3.67. The second-order valence-corrected chi connectivity index (χ2v) is 8.95. The molecule has 0 saturated carbocycles. The predicted molar refractivity (Wildman–Crippen MR) is 123 cm³/mol.